The minimum absolute atomic E-state index is 0.0406. The number of ether oxygens (including phenoxy) is 3. The topological polar surface area (TPSA) is 44.8 Å². The highest BCUT2D eigenvalue weighted by atomic mass is 35.5. The van der Waals surface area contributed by atoms with Crippen LogP contribution < -0.4 is 14.2 Å². The van der Waals surface area contributed by atoms with Gasteiger partial charge in [-0.1, -0.05) is 47.5 Å². The highest BCUT2D eigenvalue weighted by Crippen LogP contribution is 2.45. The first-order valence-electron chi connectivity index (χ1n) is 11.3. The van der Waals surface area contributed by atoms with Gasteiger partial charge in [0.2, 0.25) is 5.75 Å². The van der Waals surface area contributed by atoms with Gasteiger partial charge in [0, 0.05) is 21.2 Å². The van der Waals surface area contributed by atoms with Gasteiger partial charge in [-0.25, -0.2) is 0 Å². The van der Waals surface area contributed by atoms with Crippen LogP contribution in [-0.2, 0) is 4.79 Å². The van der Waals surface area contributed by atoms with E-state index in [1.807, 2.05) is 60.7 Å². The fraction of sp³-hybridized carbons (Fsp3) is 0.250. The molecule has 4 rings (SSSR count). The Morgan fingerprint density at radius 2 is 1.22 bits per heavy atom. The van der Waals surface area contributed by atoms with Crippen LogP contribution in [0.1, 0.15) is 23.1 Å². The van der Waals surface area contributed by atoms with Crippen molar-refractivity contribution in [1.82, 2.24) is 0 Å². The van der Waals surface area contributed by atoms with E-state index in [1.165, 1.54) is 0 Å². The van der Waals surface area contributed by atoms with Crippen LogP contribution in [0.4, 0.5) is 0 Å². The number of hydrogen-bond acceptors (Lipinski definition) is 6. The van der Waals surface area contributed by atoms with Gasteiger partial charge < -0.3 is 14.2 Å². The van der Waals surface area contributed by atoms with Crippen LogP contribution in [0, 0.1) is 0 Å². The highest BCUT2D eigenvalue weighted by molar-refractivity contribution is 8.18. The second kappa shape index (κ2) is 12.3. The van der Waals surface area contributed by atoms with E-state index in [2.05, 4.69) is 0 Å². The molecular weight excluding hydrogens is 535 g/mol. The fourth-order valence-electron chi connectivity index (χ4n) is 4.08. The minimum Gasteiger partial charge on any atom is -0.493 e. The van der Waals surface area contributed by atoms with Gasteiger partial charge in [0.1, 0.15) is 4.58 Å². The summed E-state index contributed by atoms with van der Waals surface area (Å²) in [5.41, 5.74) is 3.77. The summed E-state index contributed by atoms with van der Waals surface area (Å²) in [6.45, 7) is 0. The Hall–Kier alpha value is -2.25. The summed E-state index contributed by atoms with van der Waals surface area (Å²) in [6, 6.07) is 18.7. The molecule has 1 aliphatic rings. The third-order valence-electron chi connectivity index (χ3n) is 5.76. The predicted octanol–water partition coefficient (Wildman–Crippen LogP) is 7.74. The third kappa shape index (κ3) is 5.83. The summed E-state index contributed by atoms with van der Waals surface area (Å²) < 4.78 is 16.6. The largest absolute Gasteiger partial charge is 0.493 e. The number of thioether (sulfide) groups is 2. The van der Waals surface area contributed by atoms with Gasteiger partial charge in [-0.2, -0.15) is 0 Å². The van der Waals surface area contributed by atoms with Gasteiger partial charge in [-0.3, -0.25) is 4.79 Å². The van der Waals surface area contributed by atoms with Crippen LogP contribution in [0.3, 0.4) is 0 Å². The number of benzene rings is 3. The first kappa shape index (κ1) is 26.8. The second-order valence-electron chi connectivity index (χ2n) is 7.97. The number of hydrogen-bond donors (Lipinski definition) is 0. The smallest absolute Gasteiger partial charge is 0.203 e. The molecule has 36 heavy (non-hydrogen) atoms. The van der Waals surface area contributed by atoms with Crippen LogP contribution in [0.2, 0.25) is 10.0 Å². The zero-order valence-electron chi connectivity index (χ0n) is 20.2. The van der Waals surface area contributed by atoms with Gasteiger partial charge in [0.25, 0.3) is 0 Å². The van der Waals surface area contributed by atoms with E-state index < -0.39 is 0 Å². The van der Waals surface area contributed by atoms with Crippen molar-refractivity contribution in [2.24, 2.45) is 0 Å². The quantitative estimate of drug-likeness (QED) is 0.207. The third-order valence-corrected chi connectivity index (χ3v) is 9.16. The van der Waals surface area contributed by atoms with Gasteiger partial charge in [-0.15, -0.1) is 23.5 Å². The second-order valence-corrected chi connectivity index (χ2v) is 11.6. The number of Topliss-reactive ketones (excluding diaryl/α,β-unsaturated/α-hetero) is 1. The molecule has 3 aromatic rings. The molecule has 3 aromatic carbocycles. The van der Waals surface area contributed by atoms with Gasteiger partial charge in [-0.05, 0) is 71.0 Å². The monoisotopic (exact) mass is 560 g/mol. The fourth-order valence-corrected chi connectivity index (χ4v) is 7.07. The average molecular weight is 562 g/mol. The summed E-state index contributed by atoms with van der Waals surface area (Å²) in [4.78, 5) is 14.3. The predicted molar refractivity (Wildman–Crippen MR) is 153 cm³/mol. The standard InChI is InChI=1S/C28H26Cl2O4S2/c1-32-22-15-19(16-23(33-2)27(22)34-3)25(26(31)28-35-13-4-14-36-28)24(17-5-9-20(29)10-6-17)18-7-11-21(30)12-8-18/h5-12,15-16,28H,4,13-14H2,1-3H3. The van der Waals surface area contributed by atoms with E-state index in [9.17, 15) is 4.79 Å². The number of methoxy groups -OCH3 is 3. The van der Waals surface area contributed by atoms with Gasteiger partial charge in [0.05, 0.1) is 21.3 Å². The van der Waals surface area contributed by atoms with E-state index in [4.69, 9.17) is 37.4 Å². The van der Waals surface area contributed by atoms with Crippen molar-refractivity contribution in [3.05, 3.63) is 87.4 Å². The summed E-state index contributed by atoms with van der Waals surface area (Å²) in [5.74, 6) is 3.36. The van der Waals surface area contributed by atoms with Crippen LogP contribution in [0.25, 0.3) is 11.1 Å². The zero-order valence-corrected chi connectivity index (χ0v) is 23.3. The molecule has 188 valence electrons. The van der Waals surface area contributed by atoms with E-state index in [0.717, 1.165) is 34.6 Å². The molecule has 0 unspecified atom stereocenters. The molecule has 1 saturated heterocycles. The molecule has 0 radical (unpaired) electrons. The summed E-state index contributed by atoms with van der Waals surface area (Å²) in [6.07, 6.45) is 1.09. The molecule has 4 nitrogen and oxygen atoms in total. The first-order valence-corrected chi connectivity index (χ1v) is 14.2. The number of carbonyl (C=O) groups excluding carboxylic acids is 1. The van der Waals surface area contributed by atoms with Crippen molar-refractivity contribution >= 4 is 63.7 Å². The van der Waals surface area contributed by atoms with Crippen molar-refractivity contribution < 1.29 is 19.0 Å². The van der Waals surface area contributed by atoms with E-state index in [0.29, 0.717) is 38.4 Å². The molecule has 0 aromatic heterocycles. The maximum Gasteiger partial charge on any atom is 0.203 e. The Kier molecular flexibility index (Phi) is 9.18. The molecule has 0 aliphatic carbocycles. The Labute approximate surface area is 230 Å². The van der Waals surface area contributed by atoms with Crippen molar-refractivity contribution in [2.45, 2.75) is 11.0 Å². The zero-order chi connectivity index (χ0) is 25.7. The van der Waals surface area contributed by atoms with Crippen LogP contribution in [0.5, 0.6) is 17.2 Å². The van der Waals surface area contributed by atoms with Crippen molar-refractivity contribution in [3.63, 3.8) is 0 Å². The molecule has 1 aliphatic heterocycles. The minimum atomic E-state index is -0.220. The lowest BCUT2D eigenvalue weighted by molar-refractivity contribution is -0.112. The maximum absolute atomic E-state index is 14.3. The van der Waals surface area contributed by atoms with Crippen molar-refractivity contribution in [3.8, 4) is 17.2 Å². The molecule has 0 amide bonds. The Morgan fingerprint density at radius 3 is 1.64 bits per heavy atom. The number of halogens is 2. The summed E-state index contributed by atoms with van der Waals surface area (Å²) in [7, 11) is 4.70. The molecule has 0 saturated carbocycles. The summed E-state index contributed by atoms with van der Waals surface area (Å²) >= 11 is 15.8. The Balaban J connectivity index is 2.07. The van der Waals surface area contributed by atoms with E-state index in [-0.39, 0.29) is 10.4 Å². The molecule has 0 atom stereocenters. The molecule has 0 spiro atoms. The average Bonchev–Trinajstić information content (AvgIpc) is 2.92. The SMILES string of the molecule is COc1cc(C(C(=O)C2SCCCS2)=C(c2ccc(Cl)cc2)c2ccc(Cl)cc2)cc(OC)c1OC. The molecule has 1 fully saturated rings. The van der Waals surface area contributed by atoms with Crippen molar-refractivity contribution in [1.29, 1.82) is 0 Å². The molecule has 0 N–H and O–H groups in total. The first-order chi connectivity index (χ1) is 17.5. The van der Waals surface area contributed by atoms with Gasteiger partial charge in [0.15, 0.2) is 17.3 Å². The Morgan fingerprint density at radius 1 is 0.750 bits per heavy atom. The lowest BCUT2D eigenvalue weighted by Crippen LogP contribution is -2.21. The number of allylic oxidation sites excluding steroid dienone is 1. The van der Waals surface area contributed by atoms with E-state index >= 15 is 0 Å². The lowest BCUT2D eigenvalue weighted by Gasteiger charge is -2.24. The van der Waals surface area contributed by atoms with Crippen LogP contribution in [-0.4, -0.2) is 43.2 Å². The lowest BCUT2D eigenvalue weighted by atomic mass is 9.87. The van der Waals surface area contributed by atoms with Crippen LogP contribution in [0.15, 0.2) is 60.7 Å². The molecule has 0 bridgehead atoms. The van der Waals surface area contributed by atoms with Crippen LogP contribution >= 0.6 is 46.7 Å². The number of rotatable bonds is 8. The highest BCUT2D eigenvalue weighted by Gasteiger charge is 2.31. The van der Waals surface area contributed by atoms with Crippen molar-refractivity contribution in [2.75, 3.05) is 32.8 Å². The Bertz CT molecular complexity index is 1180. The molecule has 8 heteroatoms. The number of ketones is 1. The maximum atomic E-state index is 14.3. The number of carbonyl (C=O) groups is 1. The molecular formula is C28H26Cl2O4S2. The normalized spacial score (nSPS) is 13.7. The molecule has 1 heterocycles. The van der Waals surface area contributed by atoms with E-state index in [1.54, 1.807) is 44.9 Å². The van der Waals surface area contributed by atoms with Gasteiger partial charge >= 0.3 is 0 Å². The summed E-state index contributed by atoms with van der Waals surface area (Å²) in [5, 5.41) is 1.24.